The summed E-state index contributed by atoms with van der Waals surface area (Å²) in [5, 5.41) is 12.4. The molecule has 0 bridgehead atoms. The molecule has 0 aromatic rings. The maximum absolute atomic E-state index is 9.31. The molecule has 1 fully saturated rings. The molecule has 0 spiro atoms. The zero-order valence-electron chi connectivity index (χ0n) is 6.01. The highest BCUT2D eigenvalue weighted by atomic mass is 16.3. The Morgan fingerprint density at radius 2 is 2.40 bits per heavy atom. The van der Waals surface area contributed by atoms with Gasteiger partial charge in [0.25, 0.3) is 0 Å². The molecule has 1 saturated heterocycles. The highest BCUT2D eigenvalue weighted by Gasteiger charge is 2.17. The Hall–Kier alpha value is -0.380. The smallest absolute Gasteiger partial charge is 0.0791 e. The molecule has 1 aliphatic heterocycles. The van der Waals surface area contributed by atoms with Gasteiger partial charge in [-0.05, 0) is 25.0 Å². The molecule has 1 rings (SSSR count). The summed E-state index contributed by atoms with van der Waals surface area (Å²) in [6.45, 7) is 4.57. The SMILES string of the molecule is C=C1C(O)CCCNC1N. The van der Waals surface area contributed by atoms with Crippen LogP contribution in [0.2, 0.25) is 0 Å². The lowest BCUT2D eigenvalue weighted by Crippen LogP contribution is -2.39. The van der Waals surface area contributed by atoms with Crippen LogP contribution < -0.4 is 11.1 Å². The predicted octanol–water partition coefficient (Wildman–Crippen LogP) is -0.428. The average molecular weight is 142 g/mol. The number of nitrogens with one attached hydrogen (secondary N) is 1. The van der Waals surface area contributed by atoms with Crippen LogP contribution in [0.4, 0.5) is 0 Å². The predicted molar refractivity (Wildman–Crippen MR) is 40.4 cm³/mol. The van der Waals surface area contributed by atoms with Crippen molar-refractivity contribution in [2.75, 3.05) is 6.54 Å². The van der Waals surface area contributed by atoms with Gasteiger partial charge in [0.2, 0.25) is 0 Å². The first-order chi connectivity index (χ1) is 4.72. The molecule has 1 heterocycles. The van der Waals surface area contributed by atoms with Crippen LogP contribution in [0.3, 0.4) is 0 Å². The Bertz CT molecular complexity index is 122. The van der Waals surface area contributed by atoms with E-state index in [1.807, 2.05) is 0 Å². The van der Waals surface area contributed by atoms with Crippen molar-refractivity contribution in [2.45, 2.75) is 25.1 Å². The Morgan fingerprint density at radius 3 is 3.10 bits per heavy atom. The van der Waals surface area contributed by atoms with E-state index in [2.05, 4.69) is 11.9 Å². The van der Waals surface area contributed by atoms with Crippen LogP contribution in [0.15, 0.2) is 12.2 Å². The van der Waals surface area contributed by atoms with Gasteiger partial charge in [0.1, 0.15) is 0 Å². The van der Waals surface area contributed by atoms with E-state index in [9.17, 15) is 5.11 Å². The van der Waals surface area contributed by atoms with Crippen molar-refractivity contribution < 1.29 is 5.11 Å². The normalized spacial score (nSPS) is 35.6. The minimum Gasteiger partial charge on any atom is -0.389 e. The third-order valence-corrected chi connectivity index (χ3v) is 1.85. The maximum Gasteiger partial charge on any atom is 0.0791 e. The topological polar surface area (TPSA) is 58.3 Å². The summed E-state index contributed by atoms with van der Waals surface area (Å²) < 4.78 is 0. The summed E-state index contributed by atoms with van der Waals surface area (Å²) in [6, 6.07) is 0. The molecule has 0 saturated carbocycles. The molecule has 3 heteroatoms. The van der Waals surface area contributed by atoms with E-state index in [0.29, 0.717) is 5.57 Å². The van der Waals surface area contributed by atoms with E-state index in [0.717, 1.165) is 19.4 Å². The zero-order chi connectivity index (χ0) is 7.56. The molecule has 10 heavy (non-hydrogen) atoms. The molecule has 4 N–H and O–H groups in total. The largest absolute Gasteiger partial charge is 0.389 e. The summed E-state index contributed by atoms with van der Waals surface area (Å²) in [6.07, 6.45) is 1.11. The Labute approximate surface area is 60.9 Å². The van der Waals surface area contributed by atoms with E-state index in [4.69, 9.17) is 5.73 Å². The first-order valence-electron chi connectivity index (χ1n) is 3.57. The van der Waals surface area contributed by atoms with Crippen LogP contribution in [-0.4, -0.2) is 23.9 Å². The third kappa shape index (κ3) is 1.56. The second kappa shape index (κ2) is 3.14. The Balaban J connectivity index is 2.55. The second-order valence-electron chi connectivity index (χ2n) is 2.66. The lowest BCUT2D eigenvalue weighted by atomic mass is 10.1. The first-order valence-corrected chi connectivity index (χ1v) is 3.57. The lowest BCUT2D eigenvalue weighted by molar-refractivity contribution is 0.198. The third-order valence-electron chi connectivity index (χ3n) is 1.85. The van der Waals surface area contributed by atoms with Crippen LogP contribution in [0.25, 0.3) is 0 Å². The lowest BCUT2D eigenvalue weighted by Gasteiger charge is -2.15. The molecule has 1 aliphatic rings. The van der Waals surface area contributed by atoms with Crippen LogP contribution in [0, 0.1) is 0 Å². The molecule has 0 aliphatic carbocycles. The number of aliphatic hydroxyl groups excluding tert-OH is 1. The standard InChI is InChI=1S/C7H14N2O/c1-5-6(10)3-2-4-9-7(5)8/h6-7,9-10H,1-4,8H2. The van der Waals surface area contributed by atoms with Crippen LogP contribution in [0.5, 0.6) is 0 Å². The van der Waals surface area contributed by atoms with Gasteiger partial charge in [-0.2, -0.15) is 0 Å². The average Bonchev–Trinajstić information content (AvgIpc) is 2.04. The minimum absolute atomic E-state index is 0.225. The first kappa shape index (κ1) is 7.72. The van der Waals surface area contributed by atoms with E-state index >= 15 is 0 Å². The van der Waals surface area contributed by atoms with Crippen molar-refractivity contribution in [1.29, 1.82) is 0 Å². The van der Waals surface area contributed by atoms with Gasteiger partial charge in [-0.25, -0.2) is 0 Å². The van der Waals surface area contributed by atoms with Gasteiger partial charge < -0.3 is 10.8 Å². The fourth-order valence-corrected chi connectivity index (χ4v) is 1.08. The quantitative estimate of drug-likeness (QED) is 0.402. The van der Waals surface area contributed by atoms with E-state index in [1.54, 1.807) is 0 Å². The van der Waals surface area contributed by atoms with Crippen molar-refractivity contribution in [2.24, 2.45) is 5.73 Å². The molecule has 2 atom stereocenters. The van der Waals surface area contributed by atoms with E-state index < -0.39 is 6.10 Å². The number of hydrogen-bond donors (Lipinski definition) is 3. The summed E-state index contributed by atoms with van der Waals surface area (Å²) in [5.41, 5.74) is 6.30. The van der Waals surface area contributed by atoms with Gasteiger partial charge in [0, 0.05) is 0 Å². The van der Waals surface area contributed by atoms with Gasteiger partial charge in [-0.3, -0.25) is 5.32 Å². The molecule has 0 amide bonds. The van der Waals surface area contributed by atoms with Crippen LogP contribution in [0.1, 0.15) is 12.8 Å². The number of nitrogens with two attached hydrogens (primary N) is 1. The number of hydrogen-bond acceptors (Lipinski definition) is 3. The van der Waals surface area contributed by atoms with Gasteiger partial charge in [0.15, 0.2) is 0 Å². The molecule has 3 nitrogen and oxygen atoms in total. The van der Waals surface area contributed by atoms with Gasteiger partial charge in [-0.1, -0.05) is 6.58 Å². The Morgan fingerprint density at radius 1 is 1.70 bits per heavy atom. The second-order valence-corrected chi connectivity index (χ2v) is 2.66. The summed E-state index contributed by atoms with van der Waals surface area (Å²) in [7, 11) is 0. The molecule has 0 aromatic heterocycles. The monoisotopic (exact) mass is 142 g/mol. The number of aliphatic hydroxyl groups is 1. The summed E-state index contributed by atoms with van der Waals surface area (Å²) in [4.78, 5) is 0. The highest BCUT2D eigenvalue weighted by molar-refractivity contribution is 5.10. The maximum atomic E-state index is 9.31. The molecule has 58 valence electrons. The minimum atomic E-state index is -0.412. The summed E-state index contributed by atoms with van der Waals surface area (Å²) >= 11 is 0. The van der Waals surface area contributed by atoms with Crippen molar-refractivity contribution in [3.05, 3.63) is 12.2 Å². The van der Waals surface area contributed by atoms with Crippen molar-refractivity contribution in [1.82, 2.24) is 5.32 Å². The van der Waals surface area contributed by atoms with Gasteiger partial charge in [-0.15, -0.1) is 0 Å². The number of rotatable bonds is 0. The molecular weight excluding hydrogens is 128 g/mol. The van der Waals surface area contributed by atoms with Crippen LogP contribution >= 0.6 is 0 Å². The van der Waals surface area contributed by atoms with Crippen LogP contribution in [-0.2, 0) is 0 Å². The van der Waals surface area contributed by atoms with E-state index in [-0.39, 0.29) is 6.17 Å². The highest BCUT2D eigenvalue weighted by Crippen LogP contribution is 2.11. The van der Waals surface area contributed by atoms with Gasteiger partial charge in [0.05, 0.1) is 12.3 Å². The van der Waals surface area contributed by atoms with Crippen molar-refractivity contribution in [3.63, 3.8) is 0 Å². The summed E-state index contributed by atoms with van der Waals surface area (Å²) in [5.74, 6) is 0. The molecule has 0 aromatic carbocycles. The fraction of sp³-hybridized carbons (Fsp3) is 0.714. The Kier molecular flexibility index (Phi) is 2.43. The van der Waals surface area contributed by atoms with Gasteiger partial charge >= 0.3 is 0 Å². The molecule has 2 unspecified atom stereocenters. The van der Waals surface area contributed by atoms with Crippen molar-refractivity contribution in [3.8, 4) is 0 Å². The zero-order valence-corrected chi connectivity index (χ0v) is 6.01. The fourth-order valence-electron chi connectivity index (χ4n) is 1.08. The molecular formula is C7H14N2O. The molecule has 0 radical (unpaired) electrons. The van der Waals surface area contributed by atoms with Crippen molar-refractivity contribution >= 4 is 0 Å². The van der Waals surface area contributed by atoms with E-state index in [1.165, 1.54) is 0 Å².